The summed E-state index contributed by atoms with van der Waals surface area (Å²) in [7, 11) is 0. The molecule has 0 saturated heterocycles. The van der Waals surface area contributed by atoms with E-state index in [0.717, 1.165) is 23.9 Å². The molecule has 0 bridgehead atoms. The summed E-state index contributed by atoms with van der Waals surface area (Å²) in [6.45, 7) is 2.88. The summed E-state index contributed by atoms with van der Waals surface area (Å²) >= 11 is 0. The van der Waals surface area contributed by atoms with Crippen LogP contribution in [0.3, 0.4) is 0 Å². The molecule has 2 heterocycles. The second kappa shape index (κ2) is 4.72. The summed E-state index contributed by atoms with van der Waals surface area (Å²) in [5, 5.41) is 5.10. The number of para-hydroxylation sites is 1. The molecule has 0 aliphatic heterocycles. The van der Waals surface area contributed by atoms with Gasteiger partial charge in [-0.1, -0.05) is 25.1 Å². The molecule has 0 aliphatic rings. The quantitative estimate of drug-likeness (QED) is 0.671. The fourth-order valence-corrected chi connectivity index (χ4v) is 2.07. The fourth-order valence-electron chi connectivity index (χ4n) is 2.07. The fraction of sp³-hybridized carbons (Fsp3) is 0.200. The zero-order chi connectivity index (χ0) is 13.2. The van der Waals surface area contributed by atoms with E-state index in [4.69, 9.17) is 4.42 Å². The van der Waals surface area contributed by atoms with E-state index in [1.807, 2.05) is 24.3 Å². The molecule has 96 valence electrons. The monoisotopic (exact) mass is 254 g/mol. The molecule has 0 saturated carbocycles. The standard InChI is InChI=1S/C15H14N2O2/c1-2-7-17-10-12(9-16-17)15(18)14-8-11-5-3-4-6-13(11)19-14/h3-6,8-10H,2,7H2,1H3. The number of carbonyl (C=O) groups is 1. The number of benzene rings is 1. The summed E-state index contributed by atoms with van der Waals surface area (Å²) in [5.41, 5.74) is 1.29. The van der Waals surface area contributed by atoms with Crippen LogP contribution in [0.15, 0.2) is 47.1 Å². The summed E-state index contributed by atoms with van der Waals surface area (Å²) in [6, 6.07) is 9.36. The third-order valence-electron chi connectivity index (χ3n) is 3.00. The number of aryl methyl sites for hydroxylation is 1. The van der Waals surface area contributed by atoms with Crippen LogP contribution in [-0.4, -0.2) is 15.6 Å². The highest BCUT2D eigenvalue weighted by Crippen LogP contribution is 2.21. The SMILES string of the molecule is CCCn1cc(C(=O)c2cc3ccccc3o2)cn1. The molecule has 4 nitrogen and oxygen atoms in total. The number of ketones is 1. The predicted octanol–water partition coefficient (Wildman–Crippen LogP) is 3.27. The maximum atomic E-state index is 12.3. The smallest absolute Gasteiger partial charge is 0.231 e. The van der Waals surface area contributed by atoms with Crippen LogP contribution in [0.2, 0.25) is 0 Å². The molecule has 4 heteroatoms. The van der Waals surface area contributed by atoms with Crippen LogP contribution in [0.4, 0.5) is 0 Å². The summed E-state index contributed by atoms with van der Waals surface area (Å²) in [4.78, 5) is 12.3. The first-order valence-electron chi connectivity index (χ1n) is 6.33. The number of nitrogens with zero attached hydrogens (tertiary/aromatic N) is 2. The average Bonchev–Trinajstić information content (AvgIpc) is 3.04. The Labute approximate surface area is 110 Å². The van der Waals surface area contributed by atoms with Gasteiger partial charge in [-0.15, -0.1) is 0 Å². The van der Waals surface area contributed by atoms with Crippen LogP contribution < -0.4 is 0 Å². The summed E-state index contributed by atoms with van der Waals surface area (Å²) < 4.78 is 7.34. The zero-order valence-electron chi connectivity index (χ0n) is 10.7. The molecule has 19 heavy (non-hydrogen) atoms. The van der Waals surface area contributed by atoms with Crippen molar-refractivity contribution < 1.29 is 9.21 Å². The van der Waals surface area contributed by atoms with Crippen LogP contribution >= 0.6 is 0 Å². The van der Waals surface area contributed by atoms with E-state index in [2.05, 4.69) is 12.0 Å². The van der Waals surface area contributed by atoms with Gasteiger partial charge in [0.1, 0.15) is 5.58 Å². The maximum Gasteiger partial charge on any atom is 0.231 e. The Morgan fingerprint density at radius 1 is 1.37 bits per heavy atom. The van der Waals surface area contributed by atoms with Crippen molar-refractivity contribution in [2.75, 3.05) is 0 Å². The van der Waals surface area contributed by atoms with Gasteiger partial charge in [-0.3, -0.25) is 9.48 Å². The first kappa shape index (κ1) is 11.7. The average molecular weight is 254 g/mol. The normalized spacial score (nSPS) is 11.0. The van der Waals surface area contributed by atoms with Gasteiger partial charge in [0, 0.05) is 18.1 Å². The maximum absolute atomic E-state index is 12.3. The number of hydrogen-bond acceptors (Lipinski definition) is 3. The minimum absolute atomic E-state index is 0.126. The van der Waals surface area contributed by atoms with Crippen molar-refractivity contribution in [2.24, 2.45) is 0 Å². The van der Waals surface area contributed by atoms with Crippen LogP contribution in [0.1, 0.15) is 29.5 Å². The van der Waals surface area contributed by atoms with Crippen molar-refractivity contribution in [3.63, 3.8) is 0 Å². The lowest BCUT2D eigenvalue weighted by molar-refractivity contribution is 0.101. The largest absolute Gasteiger partial charge is 0.453 e. The Morgan fingerprint density at radius 2 is 2.21 bits per heavy atom. The third kappa shape index (κ3) is 2.17. The van der Waals surface area contributed by atoms with E-state index in [1.54, 1.807) is 23.1 Å². The van der Waals surface area contributed by atoms with Gasteiger partial charge in [-0.25, -0.2) is 0 Å². The van der Waals surface area contributed by atoms with Crippen molar-refractivity contribution >= 4 is 16.8 Å². The molecular weight excluding hydrogens is 240 g/mol. The second-order valence-corrected chi connectivity index (χ2v) is 4.47. The Morgan fingerprint density at radius 3 is 3.00 bits per heavy atom. The van der Waals surface area contributed by atoms with Crippen molar-refractivity contribution in [3.05, 3.63) is 54.0 Å². The number of carbonyl (C=O) groups excluding carboxylic acids is 1. The van der Waals surface area contributed by atoms with Crippen molar-refractivity contribution in [1.82, 2.24) is 9.78 Å². The van der Waals surface area contributed by atoms with E-state index < -0.39 is 0 Å². The molecule has 0 aliphatic carbocycles. The van der Waals surface area contributed by atoms with E-state index in [-0.39, 0.29) is 5.78 Å². The third-order valence-corrected chi connectivity index (χ3v) is 3.00. The Hall–Kier alpha value is -2.36. The van der Waals surface area contributed by atoms with Gasteiger partial charge in [-0.05, 0) is 18.6 Å². The van der Waals surface area contributed by atoms with E-state index in [1.165, 1.54) is 0 Å². The first-order valence-corrected chi connectivity index (χ1v) is 6.33. The highest BCUT2D eigenvalue weighted by Gasteiger charge is 2.16. The van der Waals surface area contributed by atoms with Crippen LogP contribution in [0.25, 0.3) is 11.0 Å². The number of rotatable bonds is 4. The van der Waals surface area contributed by atoms with Crippen LogP contribution in [0.5, 0.6) is 0 Å². The molecule has 0 radical (unpaired) electrons. The molecule has 0 atom stereocenters. The van der Waals surface area contributed by atoms with Gasteiger partial charge in [0.05, 0.1) is 11.8 Å². The molecule has 3 aromatic rings. The molecule has 0 fully saturated rings. The Balaban J connectivity index is 1.93. The predicted molar refractivity (Wildman–Crippen MR) is 72.2 cm³/mol. The topological polar surface area (TPSA) is 48.0 Å². The van der Waals surface area contributed by atoms with Gasteiger partial charge >= 0.3 is 0 Å². The Bertz CT molecular complexity index is 691. The molecule has 1 aromatic carbocycles. The lowest BCUT2D eigenvalue weighted by atomic mass is 10.2. The van der Waals surface area contributed by atoms with E-state index in [9.17, 15) is 4.79 Å². The molecular formula is C15H14N2O2. The highest BCUT2D eigenvalue weighted by molar-refractivity contribution is 6.08. The molecule has 0 spiro atoms. The van der Waals surface area contributed by atoms with E-state index in [0.29, 0.717) is 11.3 Å². The molecule has 3 rings (SSSR count). The van der Waals surface area contributed by atoms with Crippen LogP contribution in [-0.2, 0) is 6.54 Å². The van der Waals surface area contributed by atoms with Gasteiger partial charge in [-0.2, -0.15) is 5.10 Å². The first-order chi connectivity index (χ1) is 9.28. The second-order valence-electron chi connectivity index (χ2n) is 4.47. The zero-order valence-corrected chi connectivity index (χ0v) is 10.7. The number of furan rings is 1. The Kier molecular flexibility index (Phi) is 2.91. The minimum Gasteiger partial charge on any atom is -0.453 e. The van der Waals surface area contributed by atoms with Gasteiger partial charge in [0.25, 0.3) is 0 Å². The lowest BCUT2D eigenvalue weighted by Crippen LogP contribution is -1.99. The number of aromatic nitrogens is 2. The van der Waals surface area contributed by atoms with Crippen molar-refractivity contribution in [2.45, 2.75) is 19.9 Å². The van der Waals surface area contributed by atoms with Gasteiger partial charge in [0.15, 0.2) is 5.76 Å². The summed E-state index contributed by atoms with van der Waals surface area (Å²) in [5.74, 6) is 0.232. The summed E-state index contributed by atoms with van der Waals surface area (Å²) in [6.07, 6.45) is 4.34. The highest BCUT2D eigenvalue weighted by atomic mass is 16.3. The molecule has 0 unspecified atom stereocenters. The van der Waals surface area contributed by atoms with Gasteiger partial charge < -0.3 is 4.42 Å². The number of fused-ring (bicyclic) bond motifs is 1. The van der Waals surface area contributed by atoms with Crippen LogP contribution in [0, 0.1) is 0 Å². The minimum atomic E-state index is -0.126. The molecule has 0 amide bonds. The van der Waals surface area contributed by atoms with Gasteiger partial charge in [0.2, 0.25) is 5.78 Å². The van der Waals surface area contributed by atoms with Crippen molar-refractivity contribution in [3.8, 4) is 0 Å². The molecule has 0 N–H and O–H groups in total. The number of hydrogen-bond donors (Lipinski definition) is 0. The lowest BCUT2D eigenvalue weighted by Gasteiger charge is -1.94. The van der Waals surface area contributed by atoms with E-state index >= 15 is 0 Å². The molecule has 2 aromatic heterocycles. The van der Waals surface area contributed by atoms with Crippen molar-refractivity contribution in [1.29, 1.82) is 0 Å².